The highest BCUT2D eigenvalue weighted by Crippen LogP contribution is 2.40. The van der Waals surface area contributed by atoms with Crippen molar-refractivity contribution in [3.63, 3.8) is 0 Å². The SMILES string of the molecule is CCOC(=O)CC1(N2CCCC2)CCC(C)CC1. The molecule has 1 aliphatic carbocycles. The molecule has 0 spiro atoms. The second-order valence-corrected chi connectivity index (χ2v) is 6.08. The number of carbonyl (C=O) groups excluding carboxylic acids is 1. The number of nitrogens with zero attached hydrogens (tertiary/aromatic N) is 1. The molecule has 3 nitrogen and oxygen atoms in total. The predicted octanol–water partition coefficient (Wildman–Crippen LogP) is 2.98. The third-order valence-electron chi connectivity index (χ3n) is 4.76. The van der Waals surface area contributed by atoms with Crippen molar-refractivity contribution in [1.29, 1.82) is 0 Å². The number of carbonyl (C=O) groups is 1. The maximum absolute atomic E-state index is 11.9. The van der Waals surface area contributed by atoms with Gasteiger partial charge in [0.2, 0.25) is 0 Å². The zero-order valence-electron chi connectivity index (χ0n) is 11.9. The van der Waals surface area contributed by atoms with Crippen molar-refractivity contribution in [2.75, 3.05) is 19.7 Å². The molecule has 0 unspecified atom stereocenters. The fraction of sp³-hybridized carbons (Fsp3) is 0.933. The molecule has 2 aliphatic rings. The molecule has 104 valence electrons. The highest BCUT2D eigenvalue weighted by Gasteiger charge is 2.42. The molecule has 1 saturated heterocycles. The van der Waals surface area contributed by atoms with Crippen molar-refractivity contribution >= 4 is 5.97 Å². The maximum Gasteiger partial charge on any atom is 0.307 e. The first kappa shape index (κ1) is 13.9. The van der Waals surface area contributed by atoms with Gasteiger partial charge in [-0.3, -0.25) is 9.69 Å². The van der Waals surface area contributed by atoms with Gasteiger partial charge >= 0.3 is 5.97 Å². The summed E-state index contributed by atoms with van der Waals surface area (Å²) in [7, 11) is 0. The molecule has 1 heterocycles. The highest BCUT2D eigenvalue weighted by atomic mass is 16.5. The van der Waals surface area contributed by atoms with Gasteiger partial charge in [-0.05, 0) is 64.5 Å². The summed E-state index contributed by atoms with van der Waals surface area (Å²) in [4.78, 5) is 14.5. The van der Waals surface area contributed by atoms with Crippen molar-refractivity contribution in [3.05, 3.63) is 0 Å². The third kappa shape index (κ3) is 3.05. The predicted molar refractivity (Wildman–Crippen MR) is 72.4 cm³/mol. The summed E-state index contributed by atoms with van der Waals surface area (Å²) in [6.07, 6.45) is 8.06. The number of ether oxygens (including phenoxy) is 1. The molecule has 1 aliphatic heterocycles. The summed E-state index contributed by atoms with van der Waals surface area (Å²) in [5.41, 5.74) is 0.120. The second-order valence-electron chi connectivity index (χ2n) is 6.08. The van der Waals surface area contributed by atoms with Crippen LogP contribution in [0, 0.1) is 5.92 Å². The van der Waals surface area contributed by atoms with E-state index in [2.05, 4.69) is 11.8 Å². The fourth-order valence-corrected chi connectivity index (χ4v) is 3.58. The zero-order chi connectivity index (χ0) is 13.0. The molecule has 2 fully saturated rings. The minimum absolute atomic E-state index is 0.000969. The summed E-state index contributed by atoms with van der Waals surface area (Å²) in [6.45, 7) is 7.08. The van der Waals surface area contributed by atoms with Crippen LogP contribution in [0.3, 0.4) is 0 Å². The van der Waals surface area contributed by atoms with E-state index in [9.17, 15) is 4.79 Å². The molecule has 0 radical (unpaired) electrons. The Morgan fingerprint density at radius 3 is 2.44 bits per heavy atom. The highest BCUT2D eigenvalue weighted by molar-refractivity contribution is 5.71. The number of rotatable bonds is 4. The Hall–Kier alpha value is -0.570. The van der Waals surface area contributed by atoms with Crippen LogP contribution < -0.4 is 0 Å². The Morgan fingerprint density at radius 2 is 1.89 bits per heavy atom. The molecule has 1 saturated carbocycles. The van der Waals surface area contributed by atoms with Gasteiger partial charge in [0.15, 0.2) is 0 Å². The van der Waals surface area contributed by atoms with E-state index in [0.717, 1.165) is 5.92 Å². The number of esters is 1. The minimum atomic E-state index is -0.000969. The molecule has 3 heteroatoms. The van der Waals surface area contributed by atoms with Gasteiger partial charge in [-0.2, -0.15) is 0 Å². The van der Waals surface area contributed by atoms with Crippen LogP contribution in [0.5, 0.6) is 0 Å². The molecule has 0 N–H and O–H groups in total. The largest absolute Gasteiger partial charge is 0.466 e. The van der Waals surface area contributed by atoms with Gasteiger partial charge in [0.1, 0.15) is 0 Å². The molecule has 18 heavy (non-hydrogen) atoms. The third-order valence-corrected chi connectivity index (χ3v) is 4.76. The second kappa shape index (κ2) is 6.05. The summed E-state index contributed by atoms with van der Waals surface area (Å²) in [5.74, 6) is 0.821. The molecule has 0 atom stereocenters. The van der Waals surface area contributed by atoms with Crippen molar-refractivity contribution in [2.24, 2.45) is 5.92 Å². The summed E-state index contributed by atoms with van der Waals surface area (Å²) < 4.78 is 5.19. The lowest BCUT2D eigenvalue weighted by Gasteiger charge is -2.45. The lowest BCUT2D eigenvalue weighted by atomic mass is 9.74. The van der Waals surface area contributed by atoms with Gasteiger partial charge in [-0.25, -0.2) is 0 Å². The lowest BCUT2D eigenvalue weighted by Crippen LogP contribution is -2.51. The lowest BCUT2D eigenvalue weighted by molar-refractivity contribution is -0.147. The maximum atomic E-state index is 11.9. The Bertz CT molecular complexity index is 276. The quantitative estimate of drug-likeness (QED) is 0.721. The Balaban J connectivity index is 2.04. The van der Waals surface area contributed by atoms with Crippen LogP contribution >= 0.6 is 0 Å². The molecule has 0 bridgehead atoms. The van der Waals surface area contributed by atoms with Crippen molar-refractivity contribution < 1.29 is 9.53 Å². The first-order valence-electron chi connectivity index (χ1n) is 7.57. The van der Waals surface area contributed by atoms with E-state index in [1.165, 1.54) is 51.6 Å². The number of hydrogen-bond donors (Lipinski definition) is 0. The van der Waals surface area contributed by atoms with Gasteiger partial charge < -0.3 is 4.74 Å². The molecule has 0 aromatic rings. The van der Waals surface area contributed by atoms with E-state index in [0.29, 0.717) is 13.0 Å². The van der Waals surface area contributed by atoms with Gasteiger partial charge in [0.05, 0.1) is 13.0 Å². The van der Waals surface area contributed by atoms with Crippen molar-refractivity contribution in [2.45, 2.75) is 64.3 Å². The smallest absolute Gasteiger partial charge is 0.307 e. The van der Waals surface area contributed by atoms with Gasteiger partial charge in [-0.15, -0.1) is 0 Å². The monoisotopic (exact) mass is 253 g/mol. The van der Waals surface area contributed by atoms with Crippen LogP contribution in [0.25, 0.3) is 0 Å². The molecular weight excluding hydrogens is 226 g/mol. The first-order valence-corrected chi connectivity index (χ1v) is 7.57. The van der Waals surface area contributed by atoms with Crippen molar-refractivity contribution in [1.82, 2.24) is 4.90 Å². The van der Waals surface area contributed by atoms with Crippen LogP contribution in [-0.2, 0) is 9.53 Å². The molecule has 2 rings (SSSR count). The van der Waals surface area contributed by atoms with E-state index in [-0.39, 0.29) is 11.5 Å². The summed E-state index contributed by atoms with van der Waals surface area (Å²) in [5, 5.41) is 0. The minimum Gasteiger partial charge on any atom is -0.466 e. The molecule has 0 aromatic heterocycles. The Kier molecular flexibility index (Phi) is 4.66. The normalized spacial score (nSPS) is 33.6. The number of likely N-dealkylation sites (tertiary alicyclic amines) is 1. The standard InChI is InChI=1S/C15H27NO2/c1-3-18-14(17)12-15(16-10-4-5-11-16)8-6-13(2)7-9-15/h13H,3-12H2,1-2H3. The van der Waals surface area contributed by atoms with E-state index in [4.69, 9.17) is 4.74 Å². The summed E-state index contributed by atoms with van der Waals surface area (Å²) >= 11 is 0. The number of hydrogen-bond acceptors (Lipinski definition) is 3. The van der Waals surface area contributed by atoms with E-state index in [1.807, 2.05) is 6.92 Å². The topological polar surface area (TPSA) is 29.5 Å². The van der Waals surface area contributed by atoms with Gasteiger partial charge in [0.25, 0.3) is 0 Å². The Morgan fingerprint density at radius 1 is 1.28 bits per heavy atom. The molecular formula is C15H27NO2. The first-order chi connectivity index (χ1) is 8.66. The van der Waals surface area contributed by atoms with Crippen molar-refractivity contribution in [3.8, 4) is 0 Å². The van der Waals surface area contributed by atoms with Crippen LogP contribution in [0.4, 0.5) is 0 Å². The average Bonchev–Trinajstić information content (AvgIpc) is 2.87. The Labute approximate surface area is 111 Å². The molecule has 0 amide bonds. The van der Waals surface area contributed by atoms with Crippen LogP contribution in [-0.4, -0.2) is 36.1 Å². The van der Waals surface area contributed by atoms with Crippen LogP contribution in [0.2, 0.25) is 0 Å². The van der Waals surface area contributed by atoms with E-state index in [1.54, 1.807) is 0 Å². The van der Waals surface area contributed by atoms with E-state index < -0.39 is 0 Å². The van der Waals surface area contributed by atoms with Crippen LogP contribution in [0.1, 0.15) is 58.8 Å². The zero-order valence-corrected chi connectivity index (χ0v) is 11.9. The van der Waals surface area contributed by atoms with Gasteiger partial charge in [-0.1, -0.05) is 6.92 Å². The summed E-state index contributed by atoms with van der Waals surface area (Å²) in [6, 6.07) is 0. The van der Waals surface area contributed by atoms with Gasteiger partial charge in [0, 0.05) is 5.54 Å². The molecule has 0 aromatic carbocycles. The fourth-order valence-electron chi connectivity index (χ4n) is 3.58. The van der Waals surface area contributed by atoms with E-state index >= 15 is 0 Å². The van der Waals surface area contributed by atoms with Crippen LogP contribution in [0.15, 0.2) is 0 Å². The average molecular weight is 253 g/mol.